The molecule has 0 spiro atoms. The highest BCUT2D eigenvalue weighted by Crippen LogP contribution is 2.43. The highest BCUT2D eigenvalue weighted by molar-refractivity contribution is 6.26. The molecule has 0 unspecified atom stereocenters. The van der Waals surface area contributed by atoms with E-state index in [-0.39, 0.29) is 16.2 Å². The average molecular weight is 679 g/mol. The van der Waals surface area contributed by atoms with E-state index in [1.54, 1.807) is 0 Å². The van der Waals surface area contributed by atoms with E-state index in [4.69, 9.17) is 0 Å². The Kier molecular flexibility index (Phi) is 7.07. The first-order chi connectivity index (χ1) is 24.7. The third-order valence-corrected chi connectivity index (χ3v) is 11.8. The molecule has 7 aromatic rings. The zero-order valence-electron chi connectivity index (χ0n) is 32.3. The van der Waals surface area contributed by atoms with Gasteiger partial charge in [0.25, 0.3) is 11.4 Å². The molecule has 0 amide bonds. The normalized spacial score (nSPS) is 15.8. The van der Waals surface area contributed by atoms with Gasteiger partial charge in [-0.1, -0.05) is 123 Å². The van der Waals surface area contributed by atoms with Gasteiger partial charge in [-0.3, -0.25) is 0 Å². The van der Waals surface area contributed by atoms with Crippen LogP contribution in [0.5, 0.6) is 0 Å². The van der Waals surface area contributed by atoms with Gasteiger partial charge in [0.05, 0.1) is 24.0 Å². The molecular formula is C50H50N2+2. The Bertz CT molecular complexity index is 2670. The summed E-state index contributed by atoms with van der Waals surface area (Å²) < 4.78 is 5.04. The highest BCUT2D eigenvalue weighted by atomic mass is 15.1. The summed E-state index contributed by atoms with van der Waals surface area (Å²) in [7, 11) is 0. The summed E-state index contributed by atoms with van der Waals surface area (Å²) in [5, 5.41) is 7.95. The molecule has 5 aromatic carbocycles. The summed E-state index contributed by atoms with van der Waals surface area (Å²) in [6.07, 6.45) is 6.44. The van der Waals surface area contributed by atoms with Gasteiger partial charge in [-0.05, 0) is 94.6 Å². The molecule has 0 N–H and O–H groups in total. The fraction of sp³-hybridized carbons (Fsp3) is 0.280. The van der Waals surface area contributed by atoms with Crippen LogP contribution in [0.25, 0.3) is 66.2 Å². The molecule has 0 radical (unpaired) electrons. The first-order valence-electron chi connectivity index (χ1n) is 19.0. The lowest BCUT2D eigenvalue weighted by Gasteiger charge is -2.26. The topological polar surface area (TPSA) is 7.76 Å². The van der Waals surface area contributed by atoms with Crippen LogP contribution in [0.3, 0.4) is 0 Å². The van der Waals surface area contributed by atoms with E-state index < -0.39 is 0 Å². The van der Waals surface area contributed by atoms with Crippen molar-refractivity contribution < 1.29 is 9.13 Å². The lowest BCUT2D eigenvalue weighted by atomic mass is 9.81. The van der Waals surface area contributed by atoms with E-state index >= 15 is 0 Å². The molecule has 0 atom stereocenters. The molecule has 0 fully saturated rings. The molecular weight excluding hydrogens is 629 g/mol. The zero-order valence-corrected chi connectivity index (χ0v) is 32.3. The summed E-state index contributed by atoms with van der Waals surface area (Å²) in [6, 6.07) is 39.8. The van der Waals surface area contributed by atoms with Crippen LogP contribution in [0.4, 0.5) is 0 Å². The lowest BCUT2D eigenvalue weighted by molar-refractivity contribution is -0.602. The van der Waals surface area contributed by atoms with Crippen LogP contribution in [-0.4, -0.2) is 0 Å². The quantitative estimate of drug-likeness (QED) is 0.111. The minimum atomic E-state index is 0.0273. The predicted octanol–water partition coefficient (Wildman–Crippen LogP) is 11.9. The Balaban J connectivity index is 1.35. The molecule has 2 nitrogen and oxygen atoms in total. The molecule has 9 rings (SSSR count). The van der Waals surface area contributed by atoms with Gasteiger partial charge in [-0.15, -0.1) is 0 Å². The van der Waals surface area contributed by atoms with Gasteiger partial charge in [0.1, 0.15) is 0 Å². The third kappa shape index (κ3) is 5.13. The molecule has 52 heavy (non-hydrogen) atoms. The lowest BCUT2D eigenvalue weighted by Crippen LogP contribution is -2.47. The number of allylic oxidation sites excluding steroid dienone is 2. The van der Waals surface area contributed by atoms with Gasteiger partial charge in [0, 0.05) is 24.3 Å². The Morgan fingerprint density at radius 1 is 0.385 bits per heavy atom. The highest BCUT2D eigenvalue weighted by Gasteiger charge is 2.40. The Labute approximate surface area is 309 Å². The van der Waals surface area contributed by atoms with Crippen LogP contribution in [0.15, 0.2) is 116 Å². The standard InChI is InChI=1S/C50H50N2/c1-48(2,3)33-19-18-31-25-46(51-22-20-34(49(4,5)6)28-44(51)40(31)27-33)47-26-32-24-42-38-16-12-10-14-36(38)37-15-11-13-17-39(37)43(42)30-41(32)45-29-35(50(7,8)9)21-23-52(45)47/h10-24,27-30H,25-26H2,1-9H3/q+2/b47-46+. The van der Waals surface area contributed by atoms with Crippen molar-refractivity contribution in [2.75, 3.05) is 0 Å². The summed E-state index contributed by atoms with van der Waals surface area (Å²) in [5.74, 6) is 0. The maximum atomic E-state index is 2.52. The van der Waals surface area contributed by atoms with E-state index in [1.165, 1.54) is 94.0 Å². The van der Waals surface area contributed by atoms with Gasteiger partial charge in [0.15, 0.2) is 12.4 Å². The number of rotatable bonds is 0. The van der Waals surface area contributed by atoms with Gasteiger partial charge in [-0.2, -0.15) is 9.13 Å². The number of fused-ring (bicyclic) bond motifs is 12. The van der Waals surface area contributed by atoms with Gasteiger partial charge >= 0.3 is 0 Å². The minimum Gasteiger partial charge on any atom is -0.158 e. The van der Waals surface area contributed by atoms with Crippen molar-refractivity contribution in [3.8, 4) is 22.5 Å². The molecule has 258 valence electrons. The monoisotopic (exact) mass is 678 g/mol. The van der Waals surface area contributed by atoms with E-state index in [2.05, 4.69) is 187 Å². The second kappa shape index (κ2) is 11.2. The SMILES string of the molecule is CC(C)(C)c1ccc2c(c1)-c1cc(C(C)(C)C)cc[n+]1/C(=C1\Cc3cc4c5ccccc5c5ccccc5c4cc3-c3cc(C(C)(C)C)cc[n+]31)C2. The van der Waals surface area contributed by atoms with Crippen LogP contribution in [0.1, 0.15) is 90.1 Å². The van der Waals surface area contributed by atoms with Crippen LogP contribution in [0.2, 0.25) is 0 Å². The average Bonchev–Trinajstić information content (AvgIpc) is 3.12. The number of hydrogen-bond donors (Lipinski definition) is 0. The third-order valence-electron chi connectivity index (χ3n) is 11.8. The molecule has 0 bridgehead atoms. The summed E-state index contributed by atoms with van der Waals surface area (Å²) in [6.45, 7) is 20.9. The van der Waals surface area contributed by atoms with Crippen molar-refractivity contribution in [2.45, 2.75) is 91.4 Å². The molecule has 0 aliphatic carbocycles. The summed E-state index contributed by atoms with van der Waals surface area (Å²) in [5.41, 5.74) is 15.0. The second-order valence-corrected chi connectivity index (χ2v) is 18.4. The van der Waals surface area contributed by atoms with E-state index in [9.17, 15) is 0 Å². The minimum absolute atomic E-state index is 0.0273. The number of aromatic nitrogens is 2. The molecule has 0 saturated carbocycles. The molecule has 0 saturated heterocycles. The maximum absolute atomic E-state index is 2.52. The van der Waals surface area contributed by atoms with Crippen molar-refractivity contribution in [3.05, 3.63) is 143 Å². The van der Waals surface area contributed by atoms with Gasteiger partial charge < -0.3 is 0 Å². The van der Waals surface area contributed by atoms with Crippen molar-refractivity contribution in [2.24, 2.45) is 0 Å². The van der Waals surface area contributed by atoms with Crippen molar-refractivity contribution >= 4 is 43.7 Å². The van der Waals surface area contributed by atoms with Crippen LogP contribution in [0, 0.1) is 0 Å². The Morgan fingerprint density at radius 2 is 0.788 bits per heavy atom. The number of pyridine rings is 2. The van der Waals surface area contributed by atoms with Crippen molar-refractivity contribution in [1.29, 1.82) is 0 Å². The van der Waals surface area contributed by atoms with E-state index in [0.717, 1.165) is 12.8 Å². The van der Waals surface area contributed by atoms with Crippen molar-refractivity contribution in [3.63, 3.8) is 0 Å². The van der Waals surface area contributed by atoms with Crippen molar-refractivity contribution in [1.82, 2.24) is 0 Å². The fourth-order valence-corrected chi connectivity index (χ4v) is 8.65. The summed E-state index contributed by atoms with van der Waals surface area (Å²) >= 11 is 0. The van der Waals surface area contributed by atoms with E-state index in [0.29, 0.717) is 0 Å². The number of benzene rings is 5. The molecule has 2 aromatic heterocycles. The smallest absolute Gasteiger partial charge is 0.158 e. The van der Waals surface area contributed by atoms with Crippen LogP contribution < -0.4 is 9.13 Å². The Hall–Kier alpha value is -5.08. The van der Waals surface area contributed by atoms with Crippen LogP contribution >= 0.6 is 0 Å². The molecule has 2 aliphatic rings. The van der Waals surface area contributed by atoms with E-state index in [1.807, 2.05) is 0 Å². The maximum Gasteiger partial charge on any atom is 0.259 e. The van der Waals surface area contributed by atoms with Crippen LogP contribution in [-0.2, 0) is 29.1 Å². The fourth-order valence-electron chi connectivity index (χ4n) is 8.65. The molecule has 2 heteroatoms. The molecule has 4 heterocycles. The number of nitrogens with zero attached hydrogens (tertiary/aromatic N) is 2. The first kappa shape index (κ1) is 32.8. The second-order valence-electron chi connectivity index (χ2n) is 18.4. The Morgan fingerprint density at radius 3 is 1.27 bits per heavy atom. The molecule has 2 aliphatic heterocycles. The zero-order chi connectivity index (χ0) is 36.3. The van der Waals surface area contributed by atoms with Gasteiger partial charge in [0.2, 0.25) is 11.4 Å². The van der Waals surface area contributed by atoms with Gasteiger partial charge in [-0.25, -0.2) is 0 Å². The first-order valence-corrected chi connectivity index (χ1v) is 19.0. The number of hydrogen-bond acceptors (Lipinski definition) is 0. The predicted molar refractivity (Wildman–Crippen MR) is 220 cm³/mol. The largest absolute Gasteiger partial charge is 0.259 e. The summed E-state index contributed by atoms with van der Waals surface area (Å²) in [4.78, 5) is 0.